The first kappa shape index (κ1) is 10.3. The second-order valence-electron chi connectivity index (χ2n) is 2.63. The summed E-state index contributed by atoms with van der Waals surface area (Å²) in [6.07, 6.45) is 1.15. The molecule has 0 saturated carbocycles. The highest BCUT2D eigenvalue weighted by Crippen LogP contribution is 2.03. The fraction of sp³-hybridized carbons (Fsp3) is 0.333. The van der Waals surface area contributed by atoms with Gasteiger partial charge in [-0.3, -0.25) is 9.59 Å². The van der Waals surface area contributed by atoms with Crippen LogP contribution < -0.4 is 0 Å². The second-order valence-corrected chi connectivity index (χ2v) is 2.63. The summed E-state index contributed by atoms with van der Waals surface area (Å²) >= 11 is 0. The lowest BCUT2D eigenvalue weighted by molar-refractivity contribution is -0.149. The highest BCUT2D eigenvalue weighted by atomic mass is 16.5. The lowest BCUT2D eigenvalue weighted by Crippen LogP contribution is -2.07. The zero-order chi connectivity index (χ0) is 10.4. The molecule has 0 unspecified atom stereocenters. The summed E-state index contributed by atoms with van der Waals surface area (Å²) in [5.41, 5.74) is 0. The Bertz CT molecular complexity index is 301. The van der Waals surface area contributed by atoms with Crippen LogP contribution in [0.3, 0.4) is 0 Å². The van der Waals surface area contributed by atoms with Crippen LogP contribution in [0.15, 0.2) is 22.8 Å². The molecule has 0 aliphatic heterocycles. The molecular formula is C9H10O5. The molecule has 14 heavy (non-hydrogen) atoms. The van der Waals surface area contributed by atoms with Gasteiger partial charge in [-0.15, -0.1) is 0 Å². The number of carboxylic acid groups (broad SMARTS) is 1. The van der Waals surface area contributed by atoms with Gasteiger partial charge in [0.2, 0.25) is 0 Å². The smallest absolute Gasteiger partial charge is 0.306 e. The molecule has 0 bridgehead atoms. The molecule has 0 saturated heterocycles. The van der Waals surface area contributed by atoms with E-state index in [0.717, 1.165) is 0 Å². The van der Waals surface area contributed by atoms with Crippen molar-refractivity contribution >= 4 is 11.9 Å². The molecule has 0 amide bonds. The van der Waals surface area contributed by atoms with Crippen LogP contribution in [0.1, 0.15) is 18.6 Å². The summed E-state index contributed by atoms with van der Waals surface area (Å²) < 4.78 is 9.66. The number of carbonyl (C=O) groups is 2. The maximum atomic E-state index is 10.9. The maximum absolute atomic E-state index is 10.9. The van der Waals surface area contributed by atoms with Gasteiger partial charge in [0, 0.05) is 0 Å². The lowest BCUT2D eigenvalue weighted by Gasteiger charge is -2.00. The Morgan fingerprint density at radius 3 is 2.79 bits per heavy atom. The minimum absolute atomic E-state index is 0.0471. The van der Waals surface area contributed by atoms with Gasteiger partial charge in [0.1, 0.15) is 12.4 Å². The molecule has 0 aliphatic carbocycles. The minimum Gasteiger partial charge on any atom is -0.481 e. The first-order valence-electron chi connectivity index (χ1n) is 4.08. The van der Waals surface area contributed by atoms with Gasteiger partial charge in [0.15, 0.2) is 0 Å². The van der Waals surface area contributed by atoms with Gasteiger partial charge in [-0.25, -0.2) is 0 Å². The molecular weight excluding hydrogens is 188 g/mol. The lowest BCUT2D eigenvalue weighted by atomic mass is 10.3. The van der Waals surface area contributed by atoms with Gasteiger partial charge in [0.05, 0.1) is 19.1 Å². The van der Waals surface area contributed by atoms with E-state index in [1.165, 1.54) is 6.26 Å². The molecule has 1 N–H and O–H groups in total. The molecule has 5 heteroatoms. The molecule has 1 heterocycles. The van der Waals surface area contributed by atoms with E-state index >= 15 is 0 Å². The third kappa shape index (κ3) is 3.75. The molecule has 0 spiro atoms. The Morgan fingerprint density at radius 2 is 2.21 bits per heavy atom. The van der Waals surface area contributed by atoms with E-state index in [1.807, 2.05) is 0 Å². The van der Waals surface area contributed by atoms with Gasteiger partial charge in [0.25, 0.3) is 0 Å². The molecule has 0 atom stereocenters. The predicted octanol–water partition coefficient (Wildman–Crippen LogP) is 1.19. The van der Waals surface area contributed by atoms with Crippen LogP contribution in [0.5, 0.6) is 0 Å². The molecule has 0 radical (unpaired) electrons. The summed E-state index contributed by atoms with van der Waals surface area (Å²) in [6, 6.07) is 3.35. The van der Waals surface area contributed by atoms with E-state index in [-0.39, 0.29) is 19.4 Å². The van der Waals surface area contributed by atoms with Crippen molar-refractivity contribution in [1.82, 2.24) is 0 Å². The van der Waals surface area contributed by atoms with Gasteiger partial charge >= 0.3 is 11.9 Å². The number of furan rings is 1. The van der Waals surface area contributed by atoms with E-state index in [4.69, 9.17) is 14.3 Å². The molecule has 0 aliphatic rings. The molecule has 1 aromatic heterocycles. The number of rotatable bonds is 5. The van der Waals surface area contributed by atoms with E-state index in [1.54, 1.807) is 12.1 Å². The van der Waals surface area contributed by atoms with Crippen LogP contribution in [-0.4, -0.2) is 17.0 Å². The first-order valence-corrected chi connectivity index (χ1v) is 4.08. The summed E-state index contributed by atoms with van der Waals surface area (Å²) in [5.74, 6) is -1.02. The largest absolute Gasteiger partial charge is 0.481 e. The second kappa shape index (κ2) is 5.06. The van der Waals surface area contributed by atoms with Crippen molar-refractivity contribution in [3.8, 4) is 0 Å². The Balaban J connectivity index is 2.18. The van der Waals surface area contributed by atoms with Crippen molar-refractivity contribution in [2.75, 3.05) is 0 Å². The quantitative estimate of drug-likeness (QED) is 0.719. The summed E-state index contributed by atoms with van der Waals surface area (Å²) in [4.78, 5) is 21.0. The van der Waals surface area contributed by atoms with Crippen LogP contribution in [-0.2, 0) is 20.9 Å². The average molecular weight is 198 g/mol. The fourth-order valence-electron chi connectivity index (χ4n) is 0.827. The minimum atomic E-state index is -1.01. The van der Waals surface area contributed by atoms with Crippen molar-refractivity contribution in [1.29, 1.82) is 0 Å². The monoisotopic (exact) mass is 198 g/mol. The molecule has 0 aromatic carbocycles. The van der Waals surface area contributed by atoms with E-state index in [9.17, 15) is 9.59 Å². The summed E-state index contributed by atoms with van der Waals surface area (Å²) in [5, 5.41) is 8.29. The zero-order valence-corrected chi connectivity index (χ0v) is 7.43. The van der Waals surface area contributed by atoms with Crippen molar-refractivity contribution in [3.63, 3.8) is 0 Å². The number of ether oxygens (including phenoxy) is 1. The summed E-state index contributed by atoms with van der Waals surface area (Å²) in [6.45, 7) is 0.0471. The van der Waals surface area contributed by atoms with Crippen LogP contribution >= 0.6 is 0 Å². The molecule has 5 nitrogen and oxygen atoms in total. The Kier molecular flexibility index (Phi) is 3.72. The first-order chi connectivity index (χ1) is 6.68. The topological polar surface area (TPSA) is 76.7 Å². The number of carbonyl (C=O) groups excluding carboxylic acids is 1. The number of aliphatic carboxylic acids is 1. The highest BCUT2D eigenvalue weighted by molar-refractivity contribution is 5.76. The SMILES string of the molecule is O=C(O)CCC(=O)OCc1ccco1. The van der Waals surface area contributed by atoms with Crippen LogP contribution in [0.4, 0.5) is 0 Å². The Hall–Kier alpha value is -1.78. The highest BCUT2D eigenvalue weighted by Gasteiger charge is 2.07. The average Bonchev–Trinajstić information content (AvgIpc) is 2.63. The van der Waals surface area contributed by atoms with Crippen LogP contribution in [0.25, 0.3) is 0 Å². The maximum Gasteiger partial charge on any atom is 0.306 e. The van der Waals surface area contributed by atoms with E-state index in [2.05, 4.69) is 0 Å². The van der Waals surface area contributed by atoms with Gasteiger partial charge in [-0.05, 0) is 12.1 Å². The van der Waals surface area contributed by atoms with Crippen LogP contribution in [0.2, 0.25) is 0 Å². The zero-order valence-electron chi connectivity index (χ0n) is 7.43. The number of hydrogen-bond donors (Lipinski definition) is 1. The van der Waals surface area contributed by atoms with Crippen molar-refractivity contribution in [3.05, 3.63) is 24.2 Å². The summed E-state index contributed by atoms with van der Waals surface area (Å²) in [7, 11) is 0. The third-order valence-electron chi connectivity index (χ3n) is 1.50. The van der Waals surface area contributed by atoms with E-state index < -0.39 is 11.9 Å². The predicted molar refractivity (Wildman–Crippen MR) is 45.4 cm³/mol. The van der Waals surface area contributed by atoms with E-state index in [0.29, 0.717) is 5.76 Å². The van der Waals surface area contributed by atoms with Crippen molar-refractivity contribution in [2.24, 2.45) is 0 Å². The number of hydrogen-bond acceptors (Lipinski definition) is 4. The molecule has 1 rings (SSSR count). The Labute approximate surface area is 80.3 Å². The molecule has 0 fully saturated rings. The van der Waals surface area contributed by atoms with Crippen molar-refractivity contribution < 1.29 is 23.8 Å². The van der Waals surface area contributed by atoms with Gasteiger partial charge < -0.3 is 14.3 Å². The third-order valence-corrected chi connectivity index (χ3v) is 1.50. The number of esters is 1. The molecule has 76 valence electrons. The van der Waals surface area contributed by atoms with Gasteiger partial charge in [-0.2, -0.15) is 0 Å². The van der Waals surface area contributed by atoms with Crippen LogP contribution in [0, 0.1) is 0 Å². The standard InChI is InChI=1S/C9H10O5/c10-8(11)3-4-9(12)14-6-7-2-1-5-13-7/h1-2,5H,3-4,6H2,(H,10,11). The number of carboxylic acids is 1. The Morgan fingerprint density at radius 1 is 1.43 bits per heavy atom. The van der Waals surface area contributed by atoms with Crippen molar-refractivity contribution in [2.45, 2.75) is 19.4 Å². The molecule has 1 aromatic rings. The fourth-order valence-corrected chi connectivity index (χ4v) is 0.827. The normalized spacial score (nSPS) is 9.71. The van der Waals surface area contributed by atoms with Gasteiger partial charge in [-0.1, -0.05) is 0 Å².